The van der Waals surface area contributed by atoms with Gasteiger partial charge >= 0.3 is 5.97 Å². The molecule has 1 aromatic carbocycles. The van der Waals surface area contributed by atoms with E-state index in [1.165, 1.54) is 26.2 Å². The summed E-state index contributed by atoms with van der Waals surface area (Å²) in [6.07, 6.45) is 3.59. The number of rotatable bonds is 8. The maximum absolute atomic E-state index is 12.5. The van der Waals surface area contributed by atoms with Crippen molar-refractivity contribution in [2.75, 3.05) is 12.4 Å². The van der Waals surface area contributed by atoms with Crippen LogP contribution in [0.3, 0.4) is 0 Å². The van der Waals surface area contributed by atoms with Gasteiger partial charge in [0, 0.05) is 19.7 Å². The van der Waals surface area contributed by atoms with Crippen LogP contribution in [0.2, 0.25) is 0 Å². The molecule has 6 heteroatoms. The Balaban J connectivity index is 2.89. The zero-order valence-electron chi connectivity index (χ0n) is 14.6. The smallest absolute Gasteiger partial charge is 0.308 e. The minimum atomic E-state index is -0.934. The lowest BCUT2D eigenvalue weighted by atomic mass is 9.97. The van der Waals surface area contributed by atoms with Crippen molar-refractivity contribution in [3.8, 4) is 11.8 Å². The second-order valence-electron chi connectivity index (χ2n) is 5.76. The van der Waals surface area contributed by atoms with Crippen LogP contribution in [0.5, 0.6) is 5.75 Å². The molecule has 0 saturated carbocycles. The molecule has 0 aromatic heterocycles. The van der Waals surface area contributed by atoms with E-state index >= 15 is 0 Å². The van der Waals surface area contributed by atoms with E-state index in [-0.39, 0.29) is 17.2 Å². The van der Waals surface area contributed by atoms with Crippen molar-refractivity contribution in [1.29, 1.82) is 5.26 Å². The van der Waals surface area contributed by atoms with E-state index in [0.29, 0.717) is 12.1 Å². The summed E-state index contributed by atoms with van der Waals surface area (Å²) in [4.78, 5) is 23.5. The quantitative estimate of drug-likeness (QED) is 0.448. The van der Waals surface area contributed by atoms with Crippen LogP contribution in [0, 0.1) is 11.3 Å². The maximum Gasteiger partial charge on any atom is 0.308 e. The van der Waals surface area contributed by atoms with Crippen molar-refractivity contribution in [2.45, 2.75) is 52.1 Å². The number of benzene rings is 1. The van der Waals surface area contributed by atoms with Crippen molar-refractivity contribution in [3.63, 3.8) is 0 Å². The molecule has 0 aliphatic rings. The molecule has 1 N–H and O–H groups in total. The number of ether oxygens (including phenoxy) is 2. The number of unbranched alkanes of at least 4 members (excludes halogenated alkanes) is 2. The lowest BCUT2D eigenvalue weighted by Crippen LogP contribution is -2.42. The summed E-state index contributed by atoms with van der Waals surface area (Å²) in [6.45, 7) is 5.10. The fourth-order valence-electron chi connectivity index (χ4n) is 2.22. The first-order valence-corrected chi connectivity index (χ1v) is 7.95. The van der Waals surface area contributed by atoms with E-state index in [0.717, 1.165) is 19.3 Å². The van der Waals surface area contributed by atoms with Crippen LogP contribution >= 0.6 is 0 Å². The second kappa shape index (κ2) is 9.04. The number of amides is 1. The Morgan fingerprint density at radius 3 is 2.58 bits per heavy atom. The van der Waals surface area contributed by atoms with Gasteiger partial charge in [-0.1, -0.05) is 26.2 Å². The van der Waals surface area contributed by atoms with Crippen LogP contribution in [0.4, 0.5) is 5.69 Å². The zero-order chi connectivity index (χ0) is 18.2. The van der Waals surface area contributed by atoms with Crippen molar-refractivity contribution in [2.24, 2.45) is 0 Å². The number of anilines is 1. The molecule has 0 radical (unpaired) electrons. The number of methoxy groups -OCH3 is 1. The van der Waals surface area contributed by atoms with Crippen molar-refractivity contribution >= 4 is 17.6 Å². The van der Waals surface area contributed by atoms with Gasteiger partial charge in [-0.05, 0) is 31.5 Å². The van der Waals surface area contributed by atoms with Crippen molar-refractivity contribution in [3.05, 3.63) is 23.8 Å². The predicted octanol–water partition coefficient (Wildman–Crippen LogP) is 3.41. The van der Waals surface area contributed by atoms with E-state index in [1.807, 2.05) is 6.07 Å². The highest BCUT2D eigenvalue weighted by molar-refractivity contribution is 5.97. The lowest BCUT2D eigenvalue weighted by molar-refractivity contribution is -0.136. The molecule has 0 fully saturated rings. The Bertz CT molecular complexity index is 636. The van der Waals surface area contributed by atoms with Gasteiger partial charge in [-0.15, -0.1) is 0 Å². The number of hydrogen-bond acceptors (Lipinski definition) is 5. The number of carbonyl (C=O) groups is 2. The third kappa shape index (κ3) is 5.36. The topological polar surface area (TPSA) is 88.4 Å². The summed E-state index contributed by atoms with van der Waals surface area (Å²) < 4.78 is 10.4. The molecule has 0 spiro atoms. The molecule has 1 atom stereocenters. The third-order valence-electron chi connectivity index (χ3n) is 3.80. The molecule has 6 nitrogen and oxygen atoms in total. The largest absolute Gasteiger partial charge is 0.425 e. The van der Waals surface area contributed by atoms with Crippen molar-refractivity contribution in [1.82, 2.24) is 0 Å². The van der Waals surface area contributed by atoms with Gasteiger partial charge in [0.25, 0.3) is 5.91 Å². The third-order valence-corrected chi connectivity index (χ3v) is 3.80. The number of nitrogens with zero attached hydrogens (tertiary/aromatic N) is 1. The highest BCUT2D eigenvalue weighted by Crippen LogP contribution is 2.25. The molecule has 0 heterocycles. The highest BCUT2D eigenvalue weighted by Gasteiger charge is 2.32. The molecule has 1 amide bonds. The van der Waals surface area contributed by atoms with Crippen LogP contribution in [0.15, 0.2) is 18.2 Å². The minimum absolute atomic E-state index is 0.167. The molecule has 0 saturated heterocycles. The van der Waals surface area contributed by atoms with Gasteiger partial charge in [0.15, 0.2) is 0 Å². The van der Waals surface area contributed by atoms with Crippen LogP contribution in [0.1, 0.15) is 52.0 Å². The van der Waals surface area contributed by atoms with Gasteiger partial charge in [-0.25, -0.2) is 0 Å². The molecule has 0 aliphatic heterocycles. The standard InChI is InChI=1S/C18H24N2O4/c1-5-6-7-10-18(3,23-4)17(22)20-15-8-9-16(24-13(2)21)14(11-15)12-19/h8-9,11H,5-7,10H2,1-4H3,(H,20,22)/t18-/m1/s1. The van der Waals surface area contributed by atoms with Crippen molar-refractivity contribution < 1.29 is 19.1 Å². The first-order chi connectivity index (χ1) is 11.4. The Labute approximate surface area is 142 Å². The molecule has 0 bridgehead atoms. The van der Waals surface area contributed by atoms with E-state index in [9.17, 15) is 9.59 Å². The first kappa shape index (κ1) is 19.7. The van der Waals surface area contributed by atoms with E-state index in [1.54, 1.807) is 13.0 Å². The monoisotopic (exact) mass is 332 g/mol. The molecular formula is C18H24N2O4. The molecule has 130 valence electrons. The van der Waals surface area contributed by atoms with Gasteiger partial charge in [0.05, 0.1) is 5.56 Å². The summed E-state index contributed by atoms with van der Waals surface area (Å²) >= 11 is 0. The summed E-state index contributed by atoms with van der Waals surface area (Å²) in [5, 5.41) is 11.9. The molecule has 24 heavy (non-hydrogen) atoms. The molecule has 0 aliphatic carbocycles. The summed E-state index contributed by atoms with van der Waals surface area (Å²) in [6, 6.07) is 6.49. The zero-order valence-corrected chi connectivity index (χ0v) is 14.6. The average Bonchev–Trinajstić information content (AvgIpc) is 2.55. The highest BCUT2D eigenvalue weighted by atomic mass is 16.5. The fourth-order valence-corrected chi connectivity index (χ4v) is 2.22. The number of hydrogen-bond donors (Lipinski definition) is 1. The van der Waals surface area contributed by atoms with Gasteiger partial charge in [0.2, 0.25) is 0 Å². The Morgan fingerprint density at radius 2 is 2.04 bits per heavy atom. The predicted molar refractivity (Wildman–Crippen MR) is 90.7 cm³/mol. The maximum atomic E-state index is 12.5. The van der Waals surface area contributed by atoms with Crippen LogP contribution < -0.4 is 10.1 Å². The minimum Gasteiger partial charge on any atom is -0.425 e. The van der Waals surface area contributed by atoms with Gasteiger partial charge in [-0.2, -0.15) is 5.26 Å². The second-order valence-corrected chi connectivity index (χ2v) is 5.76. The van der Waals surface area contributed by atoms with Gasteiger partial charge in [-0.3, -0.25) is 9.59 Å². The summed E-state index contributed by atoms with van der Waals surface area (Å²) in [7, 11) is 1.51. The Hall–Kier alpha value is -2.39. The van der Waals surface area contributed by atoms with Crippen LogP contribution in [0.25, 0.3) is 0 Å². The van der Waals surface area contributed by atoms with Crippen LogP contribution in [-0.2, 0) is 14.3 Å². The SMILES string of the molecule is CCCCC[C@@](C)(OC)C(=O)Nc1ccc(OC(C)=O)c(C#N)c1. The van der Waals surface area contributed by atoms with E-state index in [2.05, 4.69) is 12.2 Å². The fraction of sp³-hybridized carbons (Fsp3) is 0.500. The molecule has 1 rings (SSSR count). The molecule has 0 unspecified atom stereocenters. The average molecular weight is 332 g/mol. The molecule has 1 aromatic rings. The Kier molecular flexibility index (Phi) is 7.40. The lowest BCUT2D eigenvalue weighted by Gasteiger charge is -2.27. The number of carbonyl (C=O) groups excluding carboxylic acids is 2. The normalized spacial score (nSPS) is 12.8. The van der Waals surface area contributed by atoms with Gasteiger partial charge < -0.3 is 14.8 Å². The Morgan fingerprint density at radius 1 is 1.33 bits per heavy atom. The number of esters is 1. The summed E-state index contributed by atoms with van der Waals surface area (Å²) in [5.74, 6) is -0.614. The summed E-state index contributed by atoms with van der Waals surface area (Å²) in [5.41, 5.74) is -0.310. The number of nitriles is 1. The first-order valence-electron chi connectivity index (χ1n) is 7.95. The van der Waals surface area contributed by atoms with Crippen LogP contribution in [-0.4, -0.2) is 24.6 Å². The molecular weight excluding hydrogens is 308 g/mol. The van der Waals surface area contributed by atoms with E-state index < -0.39 is 11.6 Å². The van der Waals surface area contributed by atoms with E-state index in [4.69, 9.17) is 14.7 Å². The number of nitrogens with one attached hydrogen (secondary N) is 1. The van der Waals surface area contributed by atoms with Gasteiger partial charge in [0.1, 0.15) is 17.4 Å².